The second-order valence-electron chi connectivity index (χ2n) is 8.80. The van der Waals surface area contributed by atoms with Crippen molar-refractivity contribution in [3.63, 3.8) is 0 Å². The topological polar surface area (TPSA) is 37.7 Å². The number of carbonyl (C=O) groups excluding carboxylic acids is 1. The number of nitrogens with zero attached hydrogens (tertiary/aromatic N) is 3. The number of hydrogen-bond acceptors (Lipinski definition) is 3. The van der Waals surface area contributed by atoms with E-state index in [0.717, 1.165) is 34.1 Å². The van der Waals surface area contributed by atoms with Gasteiger partial charge in [-0.25, -0.2) is 4.39 Å². The molecule has 0 unspecified atom stereocenters. The molecule has 184 valence electrons. The molecule has 36 heavy (non-hydrogen) atoms. The van der Waals surface area contributed by atoms with E-state index >= 15 is 0 Å². The molecule has 3 aromatic carbocycles. The van der Waals surface area contributed by atoms with Crippen molar-refractivity contribution in [3.05, 3.63) is 101 Å². The van der Waals surface area contributed by atoms with Crippen molar-refractivity contribution < 1.29 is 13.9 Å². The van der Waals surface area contributed by atoms with Gasteiger partial charge in [0.15, 0.2) is 0 Å². The van der Waals surface area contributed by atoms with Crippen LogP contribution < -0.4 is 9.64 Å². The van der Waals surface area contributed by atoms with Crippen LogP contribution in [0.1, 0.15) is 16.1 Å². The minimum absolute atomic E-state index is 0.00757. The third-order valence-electron chi connectivity index (χ3n) is 6.72. The molecule has 0 bridgehead atoms. The quantitative estimate of drug-likeness (QED) is 0.324. The van der Waals surface area contributed by atoms with Gasteiger partial charge in [0.2, 0.25) is 0 Å². The molecule has 0 radical (unpaired) electrons. The first-order chi connectivity index (χ1) is 17.5. The number of benzene rings is 3. The number of ether oxygens (including phenoxy) is 1. The van der Waals surface area contributed by atoms with Crippen LogP contribution in [-0.2, 0) is 0 Å². The van der Waals surface area contributed by atoms with E-state index in [2.05, 4.69) is 4.90 Å². The Morgan fingerprint density at radius 2 is 1.58 bits per heavy atom. The summed E-state index contributed by atoms with van der Waals surface area (Å²) in [7, 11) is 1.64. The molecule has 0 N–H and O–H groups in total. The Bertz CT molecular complexity index is 1370. The molecule has 2 heterocycles. The summed E-state index contributed by atoms with van der Waals surface area (Å²) in [5.41, 5.74) is 5.11. The van der Waals surface area contributed by atoms with E-state index in [1.165, 1.54) is 12.1 Å². The summed E-state index contributed by atoms with van der Waals surface area (Å²) in [6, 6.07) is 23.9. The van der Waals surface area contributed by atoms with Gasteiger partial charge in [0.05, 0.1) is 29.1 Å². The van der Waals surface area contributed by atoms with Crippen LogP contribution in [0.15, 0.2) is 78.9 Å². The van der Waals surface area contributed by atoms with Gasteiger partial charge in [-0.1, -0.05) is 23.7 Å². The molecular weight excluding hydrogens is 477 g/mol. The Balaban J connectivity index is 1.46. The molecule has 1 fully saturated rings. The zero-order valence-corrected chi connectivity index (χ0v) is 21.0. The van der Waals surface area contributed by atoms with Crippen molar-refractivity contribution in [1.29, 1.82) is 0 Å². The maximum atomic E-state index is 13.7. The summed E-state index contributed by atoms with van der Waals surface area (Å²) in [6.07, 6.45) is 0. The SMILES string of the molecule is COc1ccc(-c2cc(C(=O)N3CCN(c4ccc(F)cc4)CC3)c(C)n2-c2ccccc2Cl)cc1. The van der Waals surface area contributed by atoms with Crippen molar-refractivity contribution >= 4 is 23.2 Å². The monoisotopic (exact) mass is 503 g/mol. The van der Waals surface area contributed by atoms with Gasteiger partial charge in [0.1, 0.15) is 11.6 Å². The summed E-state index contributed by atoms with van der Waals surface area (Å²) < 4.78 is 20.7. The Morgan fingerprint density at radius 1 is 0.917 bits per heavy atom. The lowest BCUT2D eigenvalue weighted by molar-refractivity contribution is 0.0746. The molecule has 1 aliphatic heterocycles. The molecule has 0 atom stereocenters. The lowest BCUT2D eigenvalue weighted by Crippen LogP contribution is -2.48. The van der Waals surface area contributed by atoms with Gasteiger partial charge in [-0.2, -0.15) is 0 Å². The van der Waals surface area contributed by atoms with E-state index in [4.69, 9.17) is 16.3 Å². The number of hydrogen-bond donors (Lipinski definition) is 0. The lowest BCUT2D eigenvalue weighted by atomic mass is 10.1. The number of rotatable bonds is 5. The number of carbonyl (C=O) groups is 1. The van der Waals surface area contributed by atoms with Crippen LogP contribution in [0.5, 0.6) is 5.75 Å². The van der Waals surface area contributed by atoms with Gasteiger partial charge in [-0.15, -0.1) is 0 Å². The first-order valence-electron chi connectivity index (χ1n) is 11.9. The van der Waals surface area contributed by atoms with E-state index in [1.54, 1.807) is 19.2 Å². The highest BCUT2D eigenvalue weighted by Crippen LogP contribution is 2.34. The standard InChI is InChI=1S/C29H27ClFN3O2/c1-20-25(29(35)33-17-15-32(16-18-33)23-11-9-22(31)10-12-23)19-28(21-7-13-24(36-2)14-8-21)34(20)27-6-4-3-5-26(27)30/h3-14,19H,15-18H2,1-2H3. The van der Waals surface area contributed by atoms with Gasteiger partial charge in [0, 0.05) is 37.6 Å². The predicted molar refractivity (Wildman–Crippen MR) is 142 cm³/mol. The summed E-state index contributed by atoms with van der Waals surface area (Å²) in [5, 5.41) is 0.609. The Kier molecular flexibility index (Phi) is 6.70. The second kappa shape index (κ2) is 10.1. The molecule has 5 rings (SSSR count). The van der Waals surface area contributed by atoms with Gasteiger partial charge in [-0.3, -0.25) is 4.79 Å². The van der Waals surface area contributed by atoms with Gasteiger partial charge in [0.25, 0.3) is 5.91 Å². The number of anilines is 1. The molecule has 1 saturated heterocycles. The highest BCUT2D eigenvalue weighted by atomic mass is 35.5. The smallest absolute Gasteiger partial charge is 0.255 e. The van der Waals surface area contributed by atoms with Crippen molar-refractivity contribution in [2.45, 2.75) is 6.92 Å². The zero-order chi connectivity index (χ0) is 25.2. The second-order valence-corrected chi connectivity index (χ2v) is 9.21. The molecule has 7 heteroatoms. The van der Waals surface area contributed by atoms with E-state index < -0.39 is 0 Å². The van der Waals surface area contributed by atoms with Crippen molar-refractivity contribution in [2.75, 3.05) is 38.2 Å². The highest BCUT2D eigenvalue weighted by molar-refractivity contribution is 6.32. The summed E-state index contributed by atoms with van der Waals surface area (Å²) in [5.74, 6) is 0.507. The third-order valence-corrected chi connectivity index (χ3v) is 7.03. The fourth-order valence-corrected chi connectivity index (χ4v) is 4.95. The Labute approximate surface area is 215 Å². The van der Waals surface area contributed by atoms with E-state index in [9.17, 15) is 9.18 Å². The molecule has 5 nitrogen and oxygen atoms in total. The van der Waals surface area contributed by atoms with Crippen LogP contribution in [0, 0.1) is 12.7 Å². The number of piperazine rings is 1. The van der Waals surface area contributed by atoms with Gasteiger partial charge < -0.3 is 19.1 Å². The minimum atomic E-state index is -0.251. The molecule has 1 amide bonds. The van der Waals surface area contributed by atoms with Crippen LogP contribution in [0.4, 0.5) is 10.1 Å². The van der Waals surface area contributed by atoms with E-state index in [0.29, 0.717) is 36.8 Å². The molecule has 1 aromatic heterocycles. The first-order valence-corrected chi connectivity index (χ1v) is 12.3. The Morgan fingerprint density at radius 3 is 2.22 bits per heavy atom. The number of methoxy groups -OCH3 is 1. The highest BCUT2D eigenvalue weighted by Gasteiger charge is 2.27. The average molecular weight is 504 g/mol. The summed E-state index contributed by atoms with van der Waals surface area (Å²) in [6.45, 7) is 4.51. The fraction of sp³-hybridized carbons (Fsp3) is 0.207. The van der Waals surface area contributed by atoms with E-state index in [-0.39, 0.29) is 11.7 Å². The fourth-order valence-electron chi connectivity index (χ4n) is 4.73. The maximum absolute atomic E-state index is 13.7. The summed E-state index contributed by atoms with van der Waals surface area (Å²) in [4.78, 5) is 17.8. The normalized spacial score (nSPS) is 13.7. The molecule has 4 aromatic rings. The van der Waals surface area contributed by atoms with Crippen molar-refractivity contribution in [2.24, 2.45) is 0 Å². The van der Waals surface area contributed by atoms with Crippen LogP contribution >= 0.6 is 11.6 Å². The molecule has 0 saturated carbocycles. The Hall–Kier alpha value is -3.77. The van der Waals surface area contributed by atoms with Gasteiger partial charge in [-0.05, 0) is 79.2 Å². The molecular formula is C29H27ClFN3O2. The third kappa shape index (κ3) is 4.56. The minimum Gasteiger partial charge on any atom is -0.497 e. The lowest BCUT2D eigenvalue weighted by Gasteiger charge is -2.36. The predicted octanol–water partition coefficient (Wildman–Crippen LogP) is 6.22. The summed E-state index contributed by atoms with van der Waals surface area (Å²) >= 11 is 6.59. The van der Waals surface area contributed by atoms with Crippen LogP contribution in [-0.4, -0.2) is 48.7 Å². The van der Waals surface area contributed by atoms with Crippen LogP contribution in [0.2, 0.25) is 5.02 Å². The van der Waals surface area contributed by atoms with Crippen molar-refractivity contribution in [3.8, 4) is 22.7 Å². The molecule has 0 spiro atoms. The van der Waals surface area contributed by atoms with Crippen LogP contribution in [0.3, 0.4) is 0 Å². The maximum Gasteiger partial charge on any atom is 0.255 e. The van der Waals surface area contributed by atoms with Gasteiger partial charge >= 0.3 is 0 Å². The van der Waals surface area contributed by atoms with E-state index in [1.807, 2.05) is 71.0 Å². The number of halogens is 2. The number of amides is 1. The van der Waals surface area contributed by atoms with Crippen molar-refractivity contribution in [1.82, 2.24) is 9.47 Å². The first kappa shape index (κ1) is 23.9. The van der Waals surface area contributed by atoms with Crippen LogP contribution in [0.25, 0.3) is 16.9 Å². The molecule has 0 aliphatic carbocycles. The zero-order valence-electron chi connectivity index (χ0n) is 20.2. The largest absolute Gasteiger partial charge is 0.497 e. The number of para-hydroxylation sites is 1. The molecule has 1 aliphatic rings. The number of aromatic nitrogens is 1. The average Bonchev–Trinajstić information content (AvgIpc) is 3.26.